The number of carboxylic acid groups (broad SMARTS) is 1. The molecule has 1 aromatic heterocycles. The van der Waals surface area contributed by atoms with E-state index < -0.39 is 12.1 Å². The number of para-hydroxylation sites is 1. The topological polar surface area (TPSA) is 75.3 Å². The molecule has 2 aromatic rings. The number of carbonyl (C=O) groups is 1. The zero-order valence-electron chi connectivity index (χ0n) is 8.58. The molecule has 84 valence electrons. The van der Waals surface area contributed by atoms with Crippen molar-refractivity contribution < 1.29 is 15.0 Å². The van der Waals surface area contributed by atoms with Crippen LogP contribution in [-0.4, -0.2) is 32.1 Å². The second-order valence-corrected chi connectivity index (χ2v) is 3.64. The standard InChI is InChI=1S/C11H12N2O3/c14-9(5-11(15)16)7-13-10-4-2-1-3-8(10)6-12-13/h1-4,6,9,14H,5,7H2,(H,15,16). The van der Waals surface area contributed by atoms with E-state index in [4.69, 9.17) is 5.11 Å². The van der Waals surface area contributed by atoms with E-state index in [0.29, 0.717) is 0 Å². The quantitative estimate of drug-likeness (QED) is 0.801. The molecular weight excluding hydrogens is 208 g/mol. The number of carboxylic acids is 1. The first kappa shape index (κ1) is 10.6. The van der Waals surface area contributed by atoms with Gasteiger partial charge in [-0.05, 0) is 6.07 Å². The average Bonchev–Trinajstić information content (AvgIpc) is 2.61. The molecule has 2 N–H and O–H groups in total. The molecular formula is C11H12N2O3. The summed E-state index contributed by atoms with van der Waals surface area (Å²) >= 11 is 0. The van der Waals surface area contributed by atoms with E-state index in [2.05, 4.69) is 5.10 Å². The molecule has 0 saturated heterocycles. The number of benzene rings is 1. The molecule has 1 heterocycles. The van der Waals surface area contributed by atoms with Crippen LogP contribution in [0.5, 0.6) is 0 Å². The van der Waals surface area contributed by atoms with Crippen LogP contribution in [0.1, 0.15) is 6.42 Å². The monoisotopic (exact) mass is 220 g/mol. The van der Waals surface area contributed by atoms with Gasteiger partial charge in [0.1, 0.15) is 0 Å². The fourth-order valence-corrected chi connectivity index (χ4v) is 1.64. The molecule has 0 amide bonds. The van der Waals surface area contributed by atoms with Crippen molar-refractivity contribution >= 4 is 16.9 Å². The maximum Gasteiger partial charge on any atom is 0.306 e. The summed E-state index contributed by atoms with van der Waals surface area (Å²) in [6, 6.07) is 7.59. The van der Waals surface area contributed by atoms with Crippen molar-refractivity contribution in [3.05, 3.63) is 30.5 Å². The minimum absolute atomic E-state index is 0.194. The van der Waals surface area contributed by atoms with Gasteiger partial charge in [-0.15, -0.1) is 0 Å². The minimum atomic E-state index is -1.01. The van der Waals surface area contributed by atoms with Crippen molar-refractivity contribution in [3.63, 3.8) is 0 Å². The van der Waals surface area contributed by atoms with Gasteiger partial charge in [-0.25, -0.2) is 0 Å². The summed E-state index contributed by atoms with van der Waals surface area (Å²) in [6.07, 6.45) is 0.512. The van der Waals surface area contributed by atoms with Gasteiger partial charge in [0, 0.05) is 5.39 Å². The third-order valence-corrected chi connectivity index (χ3v) is 2.34. The lowest BCUT2D eigenvalue weighted by Crippen LogP contribution is -2.20. The van der Waals surface area contributed by atoms with Crippen molar-refractivity contribution in [3.8, 4) is 0 Å². The summed E-state index contributed by atoms with van der Waals surface area (Å²) < 4.78 is 1.61. The van der Waals surface area contributed by atoms with Gasteiger partial charge >= 0.3 is 5.97 Å². The summed E-state index contributed by atoms with van der Waals surface area (Å²) in [4.78, 5) is 10.4. The van der Waals surface area contributed by atoms with Crippen LogP contribution in [0.15, 0.2) is 30.5 Å². The molecule has 0 radical (unpaired) electrons. The number of aliphatic hydroxyl groups excluding tert-OH is 1. The third kappa shape index (κ3) is 2.20. The van der Waals surface area contributed by atoms with Gasteiger partial charge in [0.05, 0.1) is 30.8 Å². The van der Waals surface area contributed by atoms with Crippen molar-refractivity contribution in [1.29, 1.82) is 0 Å². The van der Waals surface area contributed by atoms with Crippen LogP contribution in [0.3, 0.4) is 0 Å². The highest BCUT2D eigenvalue weighted by Gasteiger charge is 2.12. The summed E-state index contributed by atoms with van der Waals surface area (Å²) in [5.41, 5.74) is 0.895. The van der Waals surface area contributed by atoms with Gasteiger partial charge in [-0.1, -0.05) is 18.2 Å². The first-order valence-corrected chi connectivity index (χ1v) is 4.97. The molecule has 1 unspecified atom stereocenters. The summed E-state index contributed by atoms with van der Waals surface area (Å²) in [5, 5.41) is 23.1. The summed E-state index contributed by atoms with van der Waals surface area (Å²) in [7, 11) is 0. The van der Waals surface area contributed by atoms with Crippen molar-refractivity contribution in [2.75, 3.05) is 0 Å². The van der Waals surface area contributed by atoms with Crippen LogP contribution >= 0.6 is 0 Å². The lowest BCUT2D eigenvalue weighted by molar-refractivity contribution is -0.139. The highest BCUT2D eigenvalue weighted by atomic mass is 16.4. The highest BCUT2D eigenvalue weighted by molar-refractivity contribution is 5.78. The van der Waals surface area contributed by atoms with E-state index >= 15 is 0 Å². The predicted molar refractivity (Wildman–Crippen MR) is 58.0 cm³/mol. The van der Waals surface area contributed by atoms with Gasteiger partial charge in [0.2, 0.25) is 0 Å². The first-order chi connectivity index (χ1) is 7.66. The number of aliphatic carboxylic acids is 1. The van der Waals surface area contributed by atoms with Gasteiger partial charge in [-0.3, -0.25) is 9.48 Å². The third-order valence-electron chi connectivity index (χ3n) is 2.34. The van der Waals surface area contributed by atoms with Crippen molar-refractivity contribution in [2.24, 2.45) is 0 Å². The number of hydrogen-bond donors (Lipinski definition) is 2. The number of nitrogens with zero attached hydrogens (tertiary/aromatic N) is 2. The van der Waals surface area contributed by atoms with E-state index in [9.17, 15) is 9.90 Å². The molecule has 0 bridgehead atoms. The lowest BCUT2D eigenvalue weighted by Gasteiger charge is -2.08. The zero-order valence-corrected chi connectivity index (χ0v) is 8.58. The molecule has 1 aromatic carbocycles. The predicted octanol–water partition coefficient (Wildman–Crippen LogP) is 0.872. The smallest absolute Gasteiger partial charge is 0.306 e. The zero-order chi connectivity index (χ0) is 11.5. The molecule has 0 aliphatic heterocycles. The van der Waals surface area contributed by atoms with Crippen LogP contribution in [0.2, 0.25) is 0 Å². The maximum atomic E-state index is 10.4. The van der Waals surface area contributed by atoms with Gasteiger partial charge in [-0.2, -0.15) is 5.10 Å². The van der Waals surface area contributed by atoms with E-state index in [1.54, 1.807) is 10.9 Å². The Hall–Kier alpha value is -1.88. The molecule has 0 aliphatic carbocycles. The normalized spacial score (nSPS) is 12.8. The molecule has 0 fully saturated rings. The van der Waals surface area contributed by atoms with Gasteiger partial charge in [0.15, 0.2) is 0 Å². The molecule has 0 aliphatic rings. The number of fused-ring (bicyclic) bond motifs is 1. The molecule has 0 spiro atoms. The molecule has 2 rings (SSSR count). The van der Waals surface area contributed by atoms with Crippen LogP contribution in [0.4, 0.5) is 0 Å². The van der Waals surface area contributed by atoms with E-state index in [0.717, 1.165) is 10.9 Å². The minimum Gasteiger partial charge on any atom is -0.481 e. The Balaban J connectivity index is 2.18. The number of hydrogen-bond acceptors (Lipinski definition) is 3. The maximum absolute atomic E-state index is 10.4. The van der Waals surface area contributed by atoms with E-state index in [1.807, 2.05) is 24.3 Å². The SMILES string of the molecule is O=C(O)CC(O)Cn1ncc2ccccc21. The Bertz CT molecular complexity index is 507. The van der Waals surface area contributed by atoms with E-state index in [-0.39, 0.29) is 13.0 Å². The average molecular weight is 220 g/mol. The Morgan fingerprint density at radius 2 is 2.19 bits per heavy atom. The van der Waals surface area contributed by atoms with Crippen molar-refractivity contribution in [1.82, 2.24) is 9.78 Å². The number of aliphatic hydroxyl groups is 1. The van der Waals surface area contributed by atoms with Gasteiger partial charge < -0.3 is 10.2 Å². The molecule has 16 heavy (non-hydrogen) atoms. The molecule has 5 nitrogen and oxygen atoms in total. The summed E-state index contributed by atoms with van der Waals surface area (Å²) in [6.45, 7) is 0.194. The number of rotatable bonds is 4. The molecule has 0 saturated carbocycles. The second-order valence-electron chi connectivity index (χ2n) is 3.64. The molecule has 1 atom stereocenters. The van der Waals surface area contributed by atoms with Gasteiger partial charge in [0.25, 0.3) is 0 Å². The molecule has 5 heteroatoms. The van der Waals surface area contributed by atoms with Crippen LogP contribution in [0.25, 0.3) is 10.9 Å². The first-order valence-electron chi connectivity index (χ1n) is 4.97. The Labute approximate surface area is 91.9 Å². The Morgan fingerprint density at radius 3 is 2.94 bits per heavy atom. The van der Waals surface area contributed by atoms with Crippen LogP contribution in [-0.2, 0) is 11.3 Å². The van der Waals surface area contributed by atoms with E-state index in [1.165, 1.54) is 0 Å². The fourth-order valence-electron chi connectivity index (χ4n) is 1.64. The highest BCUT2D eigenvalue weighted by Crippen LogP contribution is 2.13. The number of aromatic nitrogens is 2. The largest absolute Gasteiger partial charge is 0.481 e. The second kappa shape index (κ2) is 4.32. The Morgan fingerprint density at radius 1 is 1.44 bits per heavy atom. The van der Waals surface area contributed by atoms with Crippen molar-refractivity contribution in [2.45, 2.75) is 19.1 Å². The fraction of sp³-hybridized carbons (Fsp3) is 0.273. The lowest BCUT2D eigenvalue weighted by atomic mass is 10.2. The van der Waals surface area contributed by atoms with Crippen LogP contribution < -0.4 is 0 Å². The summed E-state index contributed by atoms with van der Waals surface area (Å²) in [5.74, 6) is -1.01. The van der Waals surface area contributed by atoms with Crippen LogP contribution in [0, 0.1) is 0 Å². The Kier molecular flexibility index (Phi) is 2.87.